The maximum atomic E-state index is 12.0. The van der Waals surface area contributed by atoms with Crippen molar-refractivity contribution in [2.45, 2.75) is 38.1 Å². The zero-order chi connectivity index (χ0) is 24.9. The molecule has 1 aliphatic heterocycles. The van der Waals surface area contributed by atoms with E-state index in [1.54, 1.807) is 42.6 Å². The fourth-order valence-electron chi connectivity index (χ4n) is 4.29. The third-order valence-electron chi connectivity index (χ3n) is 6.47. The molecule has 0 unspecified atom stereocenters. The molecule has 2 heterocycles. The van der Waals surface area contributed by atoms with Crippen LogP contribution in [0.25, 0.3) is 15.7 Å². The Morgan fingerprint density at radius 2 is 1.97 bits per heavy atom. The van der Waals surface area contributed by atoms with E-state index in [1.165, 1.54) is 0 Å². The lowest BCUT2D eigenvalue weighted by Gasteiger charge is -2.22. The molecule has 0 atom stereocenters. The predicted octanol–water partition coefficient (Wildman–Crippen LogP) is 6.28. The van der Waals surface area contributed by atoms with E-state index in [4.69, 9.17) is 27.6 Å². The number of anilines is 1. The summed E-state index contributed by atoms with van der Waals surface area (Å²) in [5.74, 6) is 2.25. The Bertz CT molecular complexity index is 1300. The Morgan fingerprint density at radius 1 is 1.14 bits per heavy atom. The third kappa shape index (κ3) is 5.99. The second-order valence-electron chi connectivity index (χ2n) is 9.20. The second kappa shape index (κ2) is 11.0. The number of carbonyl (C=O) groups excluding carboxylic acids is 1. The van der Waals surface area contributed by atoms with Gasteiger partial charge in [-0.1, -0.05) is 11.6 Å². The van der Waals surface area contributed by atoms with Crippen molar-refractivity contribution in [3.8, 4) is 17.2 Å². The number of fused-ring (bicyclic) bond motifs is 1. The van der Waals surface area contributed by atoms with E-state index in [-0.39, 0.29) is 12.1 Å². The molecule has 0 radical (unpaired) electrons. The number of piperidine rings is 1. The number of rotatable bonds is 8. The molecule has 0 spiro atoms. The van der Waals surface area contributed by atoms with Gasteiger partial charge >= 0.3 is 6.03 Å². The summed E-state index contributed by atoms with van der Waals surface area (Å²) in [7, 11) is 0. The number of nitrogens with one attached hydrogen (secondary N) is 3. The molecule has 1 aromatic heterocycles. The van der Waals surface area contributed by atoms with Crippen molar-refractivity contribution in [2.75, 3.05) is 25.0 Å². The van der Waals surface area contributed by atoms with Gasteiger partial charge in [-0.3, -0.25) is 4.98 Å². The fraction of sp³-hybridized carbons (Fsp3) is 0.370. The van der Waals surface area contributed by atoms with Gasteiger partial charge in [-0.05, 0) is 81.4 Å². The molecule has 1 saturated heterocycles. The van der Waals surface area contributed by atoms with Crippen LogP contribution in [0, 0.1) is 12.5 Å². The molecule has 2 aliphatic rings. The lowest BCUT2D eigenvalue weighted by atomic mass is 9.95. The van der Waals surface area contributed by atoms with Crippen LogP contribution >= 0.6 is 11.6 Å². The minimum atomic E-state index is -0.270. The number of ether oxygens (including phenoxy) is 2. The number of nitrogens with zero attached hydrogens (tertiary/aromatic N) is 2. The standard InChI is InChI=1S/C27H28ClN5O3/c1-29-24-15-20-23(16-26(24)35-13-9-17-6-10-30-11-7-17)31-12-8-25(20)36-19-4-5-22(21(28)14-19)33-27(34)32-18-2-3-18/h4-5,8,12,14-18,30H,2-3,6-7,9-11,13H2,(H2,32,33,34). The minimum Gasteiger partial charge on any atom is -0.505 e. The van der Waals surface area contributed by atoms with Gasteiger partial charge < -0.3 is 25.4 Å². The number of carbonyl (C=O) groups is 1. The SMILES string of the molecule is [C-]#[N+]c1cc2c(Oc3ccc(NC(=O)NC4CC4)c(Cl)c3)ccnc2cc1OCCC1CCNCC1. The van der Waals surface area contributed by atoms with Gasteiger partial charge in [-0.25, -0.2) is 9.64 Å². The molecule has 3 N–H and O–H groups in total. The van der Waals surface area contributed by atoms with Gasteiger partial charge in [0.15, 0.2) is 0 Å². The third-order valence-corrected chi connectivity index (χ3v) is 6.79. The van der Waals surface area contributed by atoms with Gasteiger partial charge in [-0.15, -0.1) is 0 Å². The van der Waals surface area contributed by atoms with Crippen molar-refractivity contribution in [1.82, 2.24) is 15.6 Å². The van der Waals surface area contributed by atoms with Gasteiger partial charge in [0.25, 0.3) is 0 Å². The second-order valence-corrected chi connectivity index (χ2v) is 9.61. The number of pyridine rings is 1. The molecule has 0 bridgehead atoms. The summed E-state index contributed by atoms with van der Waals surface area (Å²) in [6.07, 6.45) is 6.97. The smallest absolute Gasteiger partial charge is 0.319 e. The summed E-state index contributed by atoms with van der Waals surface area (Å²) in [5, 5.41) is 10.1. The van der Waals surface area contributed by atoms with E-state index >= 15 is 0 Å². The van der Waals surface area contributed by atoms with Gasteiger partial charge in [0.1, 0.15) is 17.2 Å². The van der Waals surface area contributed by atoms with E-state index in [1.807, 2.05) is 0 Å². The van der Waals surface area contributed by atoms with E-state index in [0.717, 1.165) is 45.2 Å². The first-order valence-corrected chi connectivity index (χ1v) is 12.7. The Labute approximate surface area is 215 Å². The van der Waals surface area contributed by atoms with Crippen molar-refractivity contribution in [3.63, 3.8) is 0 Å². The molecule has 2 amide bonds. The van der Waals surface area contributed by atoms with Crippen LogP contribution in [0.2, 0.25) is 5.02 Å². The number of hydrogen-bond acceptors (Lipinski definition) is 5. The molecule has 186 valence electrons. The highest BCUT2D eigenvalue weighted by Crippen LogP contribution is 2.38. The van der Waals surface area contributed by atoms with Crippen LogP contribution in [0.15, 0.2) is 42.6 Å². The van der Waals surface area contributed by atoms with Crippen LogP contribution in [0.3, 0.4) is 0 Å². The highest BCUT2D eigenvalue weighted by Gasteiger charge is 2.23. The molecular weight excluding hydrogens is 478 g/mol. The van der Waals surface area contributed by atoms with Crippen molar-refractivity contribution in [2.24, 2.45) is 5.92 Å². The zero-order valence-electron chi connectivity index (χ0n) is 19.9. The highest BCUT2D eigenvalue weighted by atomic mass is 35.5. The number of aromatic nitrogens is 1. The van der Waals surface area contributed by atoms with Crippen molar-refractivity contribution in [1.29, 1.82) is 0 Å². The fourth-order valence-corrected chi connectivity index (χ4v) is 4.51. The first-order valence-electron chi connectivity index (χ1n) is 12.3. The van der Waals surface area contributed by atoms with E-state index in [9.17, 15) is 4.79 Å². The van der Waals surface area contributed by atoms with Crippen molar-refractivity contribution >= 4 is 39.9 Å². The van der Waals surface area contributed by atoms with E-state index < -0.39 is 0 Å². The van der Waals surface area contributed by atoms with Crippen molar-refractivity contribution in [3.05, 3.63) is 59.0 Å². The van der Waals surface area contributed by atoms with Gasteiger partial charge in [0, 0.05) is 23.7 Å². The summed E-state index contributed by atoms with van der Waals surface area (Å²) in [5.41, 5.74) is 1.60. The molecule has 5 rings (SSSR count). The van der Waals surface area contributed by atoms with Gasteiger partial charge in [0.05, 0.1) is 29.4 Å². The Kier molecular flexibility index (Phi) is 7.40. The predicted molar refractivity (Wildman–Crippen MR) is 140 cm³/mol. The number of amides is 2. The monoisotopic (exact) mass is 505 g/mol. The Balaban J connectivity index is 1.29. The molecule has 3 aromatic rings. The molecule has 8 nitrogen and oxygen atoms in total. The van der Waals surface area contributed by atoms with Crippen LogP contribution in [0.4, 0.5) is 16.2 Å². The number of benzene rings is 2. The lowest BCUT2D eigenvalue weighted by molar-refractivity contribution is 0.251. The first-order chi connectivity index (χ1) is 17.6. The minimum absolute atomic E-state index is 0.257. The summed E-state index contributed by atoms with van der Waals surface area (Å²) in [6.45, 7) is 10.3. The number of urea groups is 1. The summed E-state index contributed by atoms with van der Waals surface area (Å²) < 4.78 is 12.1. The average molecular weight is 506 g/mol. The summed E-state index contributed by atoms with van der Waals surface area (Å²) in [4.78, 5) is 20.2. The molecule has 9 heteroatoms. The lowest BCUT2D eigenvalue weighted by Crippen LogP contribution is -2.30. The topological polar surface area (TPSA) is 88.9 Å². The van der Waals surface area contributed by atoms with Gasteiger partial charge in [0.2, 0.25) is 5.69 Å². The highest BCUT2D eigenvalue weighted by molar-refractivity contribution is 6.33. The normalized spacial score (nSPS) is 15.8. The quantitative estimate of drug-likeness (QED) is 0.313. The maximum Gasteiger partial charge on any atom is 0.319 e. The van der Waals surface area contributed by atoms with Crippen molar-refractivity contribution < 1.29 is 14.3 Å². The van der Waals surface area contributed by atoms with Crippen LogP contribution in [-0.2, 0) is 0 Å². The zero-order valence-corrected chi connectivity index (χ0v) is 20.6. The Morgan fingerprint density at radius 3 is 2.72 bits per heavy atom. The Hall–Kier alpha value is -3.54. The molecule has 36 heavy (non-hydrogen) atoms. The van der Waals surface area contributed by atoms with E-state index in [0.29, 0.717) is 57.1 Å². The maximum absolute atomic E-state index is 12.0. The molecule has 1 aliphatic carbocycles. The molecule has 2 fully saturated rings. The largest absolute Gasteiger partial charge is 0.505 e. The number of hydrogen-bond donors (Lipinski definition) is 3. The molecule has 1 saturated carbocycles. The summed E-state index contributed by atoms with van der Waals surface area (Å²) >= 11 is 6.39. The van der Waals surface area contributed by atoms with Crippen LogP contribution in [0.1, 0.15) is 32.1 Å². The van der Waals surface area contributed by atoms with E-state index in [2.05, 4.69) is 25.8 Å². The number of halogens is 1. The summed E-state index contributed by atoms with van der Waals surface area (Å²) in [6, 6.07) is 10.4. The average Bonchev–Trinajstić information content (AvgIpc) is 3.70. The molecule has 2 aromatic carbocycles. The van der Waals surface area contributed by atoms with Crippen LogP contribution < -0.4 is 25.4 Å². The first kappa shape index (κ1) is 24.2. The molecular formula is C27H28ClN5O3. The van der Waals surface area contributed by atoms with Crippen LogP contribution in [0.5, 0.6) is 17.2 Å². The van der Waals surface area contributed by atoms with Gasteiger partial charge in [-0.2, -0.15) is 0 Å². The van der Waals surface area contributed by atoms with Crippen LogP contribution in [-0.4, -0.2) is 36.8 Å².